The van der Waals surface area contributed by atoms with E-state index in [-0.39, 0.29) is 5.69 Å². The minimum absolute atomic E-state index is 0.157. The zero-order valence-corrected chi connectivity index (χ0v) is 18.3. The fourth-order valence-corrected chi connectivity index (χ4v) is 4.55. The van der Waals surface area contributed by atoms with Crippen LogP contribution in [0.5, 0.6) is 0 Å². The van der Waals surface area contributed by atoms with Crippen molar-refractivity contribution < 1.29 is 18.0 Å². The third-order valence-electron chi connectivity index (χ3n) is 4.41. The van der Waals surface area contributed by atoms with Crippen molar-refractivity contribution >= 4 is 35.0 Å². The smallest absolute Gasteiger partial charge is 0.255 e. The molecule has 0 spiro atoms. The van der Waals surface area contributed by atoms with Gasteiger partial charge in [-0.3, -0.25) is 4.79 Å². The van der Waals surface area contributed by atoms with Gasteiger partial charge in [0, 0.05) is 34.0 Å². The van der Waals surface area contributed by atoms with Crippen LogP contribution in [0.4, 0.5) is 18.9 Å². The maximum absolute atomic E-state index is 13.4. The molecule has 1 atom stereocenters. The second kappa shape index (κ2) is 10.9. The van der Waals surface area contributed by atoms with Gasteiger partial charge >= 0.3 is 0 Å². The Morgan fingerprint density at radius 2 is 1.79 bits per heavy atom. The van der Waals surface area contributed by atoms with Gasteiger partial charge in [0.05, 0.1) is 5.02 Å². The first-order valence-corrected chi connectivity index (χ1v) is 11.0. The van der Waals surface area contributed by atoms with Crippen molar-refractivity contribution in [2.24, 2.45) is 11.8 Å². The van der Waals surface area contributed by atoms with Crippen LogP contribution < -0.4 is 5.32 Å². The third kappa shape index (κ3) is 6.96. The largest absolute Gasteiger partial charge is 0.322 e. The summed E-state index contributed by atoms with van der Waals surface area (Å²) in [4.78, 5) is 13.2. The van der Waals surface area contributed by atoms with E-state index < -0.39 is 23.4 Å². The van der Waals surface area contributed by atoms with Crippen molar-refractivity contribution in [1.82, 2.24) is 0 Å². The summed E-state index contributed by atoms with van der Waals surface area (Å²) in [7, 11) is 0. The number of hydrogen-bond acceptors (Lipinski definition) is 2. The number of hydrogen-bond donors (Lipinski definition) is 1. The van der Waals surface area contributed by atoms with Crippen LogP contribution in [0.1, 0.15) is 50.4 Å². The molecule has 1 amide bonds. The van der Waals surface area contributed by atoms with Crippen molar-refractivity contribution in [3.63, 3.8) is 0 Å². The van der Waals surface area contributed by atoms with Crippen molar-refractivity contribution in [3.05, 3.63) is 58.4 Å². The van der Waals surface area contributed by atoms with Crippen LogP contribution in [0.3, 0.4) is 0 Å². The van der Waals surface area contributed by atoms with E-state index in [9.17, 15) is 18.0 Å². The fraction of sp³-hybridized carbons (Fsp3) is 0.409. The second-order valence-electron chi connectivity index (χ2n) is 7.45. The van der Waals surface area contributed by atoms with Crippen molar-refractivity contribution in [2.75, 3.05) is 11.1 Å². The highest BCUT2D eigenvalue weighted by Crippen LogP contribution is 2.32. The second-order valence-corrected chi connectivity index (χ2v) is 8.92. The molecule has 0 aliphatic heterocycles. The minimum Gasteiger partial charge on any atom is -0.322 e. The molecule has 158 valence electrons. The number of benzene rings is 2. The average molecular weight is 444 g/mol. The number of nitrogens with one attached hydrogen (secondary N) is 1. The summed E-state index contributed by atoms with van der Waals surface area (Å²) >= 11 is 7.89. The van der Waals surface area contributed by atoms with Crippen molar-refractivity contribution in [3.8, 4) is 0 Å². The van der Waals surface area contributed by atoms with Gasteiger partial charge < -0.3 is 5.32 Å². The lowest BCUT2D eigenvalue weighted by Crippen LogP contribution is -2.13. The van der Waals surface area contributed by atoms with Crippen LogP contribution in [-0.2, 0) is 0 Å². The predicted molar refractivity (Wildman–Crippen MR) is 114 cm³/mol. The van der Waals surface area contributed by atoms with Crippen molar-refractivity contribution in [1.29, 1.82) is 0 Å². The van der Waals surface area contributed by atoms with Crippen LogP contribution >= 0.6 is 23.4 Å². The van der Waals surface area contributed by atoms with E-state index in [1.54, 1.807) is 23.9 Å². The van der Waals surface area contributed by atoms with Gasteiger partial charge in [-0.15, -0.1) is 11.8 Å². The molecule has 0 radical (unpaired) electrons. The number of thioether (sulfide) groups is 1. The maximum Gasteiger partial charge on any atom is 0.255 e. The topological polar surface area (TPSA) is 29.1 Å². The van der Waals surface area contributed by atoms with Crippen molar-refractivity contribution in [2.45, 2.75) is 44.9 Å². The summed E-state index contributed by atoms with van der Waals surface area (Å²) in [6.45, 7) is 6.57. The van der Waals surface area contributed by atoms with Gasteiger partial charge in [-0.1, -0.05) is 38.8 Å². The Kier molecular flexibility index (Phi) is 8.90. The van der Waals surface area contributed by atoms with Gasteiger partial charge in [-0.25, -0.2) is 13.2 Å². The summed E-state index contributed by atoms with van der Waals surface area (Å²) in [6.07, 6.45) is 3.36. The summed E-state index contributed by atoms with van der Waals surface area (Å²) in [6, 6.07) is 6.31. The molecule has 7 heteroatoms. The molecule has 0 fully saturated rings. The Morgan fingerprint density at radius 3 is 2.38 bits per heavy atom. The number of halogens is 4. The molecule has 0 aromatic heterocycles. The molecule has 2 rings (SSSR count). The van der Waals surface area contributed by atoms with Gasteiger partial charge in [-0.2, -0.15) is 0 Å². The molecule has 0 bridgehead atoms. The molecular weight excluding hydrogens is 419 g/mol. The summed E-state index contributed by atoms with van der Waals surface area (Å²) in [5.74, 6) is -2.79. The normalized spacial score (nSPS) is 12.3. The lowest BCUT2D eigenvalue weighted by Gasteiger charge is -2.18. The molecule has 1 unspecified atom stereocenters. The van der Waals surface area contributed by atoms with Gasteiger partial charge in [0.15, 0.2) is 17.5 Å². The van der Waals surface area contributed by atoms with Gasteiger partial charge in [-0.05, 0) is 42.9 Å². The molecule has 0 aliphatic rings. The standard InChI is InChI=1S/C22H25ClF3NOS/c1-4-5-14(8-13(2)3)12-29-20-9-15(6-7-17(20)23)22(28)27-16-10-18(24)21(26)19(25)11-16/h6-7,9-11,13-14H,4-5,8,12H2,1-3H3,(H,27,28). The van der Waals surface area contributed by atoms with E-state index in [4.69, 9.17) is 11.6 Å². The van der Waals surface area contributed by atoms with Crippen LogP contribution in [0.2, 0.25) is 5.02 Å². The molecular formula is C22H25ClF3NOS. The Hall–Kier alpha value is -1.66. The number of carbonyl (C=O) groups is 1. The Morgan fingerprint density at radius 1 is 1.14 bits per heavy atom. The first-order valence-electron chi connectivity index (χ1n) is 9.59. The Labute approximate surface area is 179 Å². The third-order valence-corrected chi connectivity index (χ3v) is 6.14. The van der Waals surface area contributed by atoms with E-state index in [0.29, 0.717) is 22.4 Å². The molecule has 29 heavy (non-hydrogen) atoms. The van der Waals surface area contributed by atoms with E-state index >= 15 is 0 Å². The Balaban J connectivity index is 2.12. The number of carbonyl (C=O) groups excluding carboxylic acids is 1. The molecule has 0 saturated heterocycles. The van der Waals surface area contributed by atoms with Crippen LogP contribution in [0.25, 0.3) is 0 Å². The van der Waals surface area contributed by atoms with E-state index in [1.165, 1.54) is 6.07 Å². The zero-order valence-electron chi connectivity index (χ0n) is 16.7. The first kappa shape index (κ1) is 23.6. The summed E-state index contributed by atoms with van der Waals surface area (Å²) in [5, 5.41) is 2.93. The molecule has 0 saturated carbocycles. The summed E-state index contributed by atoms with van der Waals surface area (Å²) in [5.41, 5.74) is 0.147. The number of rotatable bonds is 9. The Bertz CT molecular complexity index is 837. The van der Waals surface area contributed by atoms with E-state index in [0.717, 1.165) is 42.0 Å². The van der Waals surface area contributed by atoms with Crippen LogP contribution in [0.15, 0.2) is 35.2 Å². The molecule has 0 aliphatic carbocycles. The molecule has 2 aromatic rings. The monoisotopic (exact) mass is 443 g/mol. The van der Waals surface area contributed by atoms with Crippen LogP contribution in [0, 0.1) is 29.3 Å². The summed E-state index contributed by atoms with van der Waals surface area (Å²) < 4.78 is 39.8. The van der Waals surface area contributed by atoms with E-state index in [2.05, 4.69) is 26.1 Å². The quantitative estimate of drug-likeness (QED) is 0.320. The molecule has 2 aromatic carbocycles. The lowest BCUT2D eigenvalue weighted by atomic mass is 9.95. The highest BCUT2D eigenvalue weighted by atomic mass is 35.5. The van der Waals surface area contributed by atoms with Gasteiger partial charge in [0.1, 0.15) is 0 Å². The van der Waals surface area contributed by atoms with E-state index in [1.807, 2.05) is 0 Å². The predicted octanol–water partition coefficient (Wildman–Crippen LogP) is 7.56. The highest BCUT2D eigenvalue weighted by molar-refractivity contribution is 7.99. The van der Waals surface area contributed by atoms with Crippen LogP contribution in [-0.4, -0.2) is 11.7 Å². The lowest BCUT2D eigenvalue weighted by molar-refractivity contribution is 0.102. The fourth-order valence-electron chi connectivity index (χ4n) is 3.14. The average Bonchev–Trinajstić information content (AvgIpc) is 2.64. The van der Waals surface area contributed by atoms with Gasteiger partial charge in [0.2, 0.25) is 0 Å². The minimum atomic E-state index is -1.57. The zero-order chi connectivity index (χ0) is 21.6. The number of amides is 1. The number of anilines is 1. The molecule has 0 heterocycles. The molecule has 1 N–H and O–H groups in total. The van der Waals surface area contributed by atoms with Gasteiger partial charge in [0.25, 0.3) is 5.91 Å². The highest BCUT2D eigenvalue weighted by Gasteiger charge is 2.16. The molecule has 2 nitrogen and oxygen atoms in total. The maximum atomic E-state index is 13.4. The first-order chi connectivity index (χ1) is 13.7. The SMILES string of the molecule is CCCC(CSc1cc(C(=O)Nc2cc(F)c(F)c(F)c2)ccc1Cl)CC(C)C.